The SMILES string of the molecule is CC(C)(C)CC[C@@]1(C)C(=O)C(C2=NS(=O)(=O)c3c(CO)csc3N2)C(=O)c2ccccc21. The third-order valence-electron chi connectivity index (χ3n) is 6.21. The van der Waals surface area contributed by atoms with E-state index in [4.69, 9.17) is 0 Å². The standard InChI is InChI=1S/C23H26N2O5S2/c1-22(2,3)9-10-23(4)15-8-6-5-7-14(15)17(27)16(19(23)28)20-24-21-18(32(29,30)25-20)13(11-26)12-31-21/h5-8,12,16,26H,9-11H2,1-4H3,(H,24,25)/t16?,23-/m1/s1. The van der Waals surface area contributed by atoms with Crippen molar-refractivity contribution in [2.75, 3.05) is 5.32 Å². The van der Waals surface area contributed by atoms with Gasteiger partial charge in [0.05, 0.1) is 12.0 Å². The number of fused-ring (bicyclic) bond motifs is 2. The van der Waals surface area contributed by atoms with Crippen molar-refractivity contribution in [3.63, 3.8) is 0 Å². The van der Waals surface area contributed by atoms with Crippen molar-refractivity contribution in [2.45, 2.75) is 57.5 Å². The number of thiophene rings is 1. The van der Waals surface area contributed by atoms with Gasteiger partial charge >= 0.3 is 0 Å². The monoisotopic (exact) mass is 474 g/mol. The van der Waals surface area contributed by atoms with E-state index in [2.05, 4.69) is 30.5 Å². The van der Waals surface area contributed by atoms with Crippen molar-refractivity contribution in [1.29, 1.82) is 0 Å². The largest absolute Gasteiger partial charge is 0.392 e. The second-order valence-electron chi connectivity index (χ2n) is 9.75. The van der Waals surface area contributed by atoms with Gasteiger partial charge in [-0.1, -0.05) is 45.0 Å². The molecule has 1 aliphatic carbocycles. The van der Waals surface area contributed by atoms with Gasteiger partial charge in [-0.3, -0.25) is 9.59 Å². The molecule has 1 unspecified atom stereocenters. The van der Waals surface area contributed by atoms with Crippen LogP contribution in [0.4, 0.5) is 5.00 Å². The zero-order valence-electron chi connectivity index (χ0n) is 18.4. The van der Waals surface area contributed by atoms with Crippen LogP contribution in [-0.4, -0.2) is 30.9 Å². The molecule has 170 valence electrons. The van der Waals surface area contributed by atoms with Gasteiger partial charge in [0.1, 0.15) is 21.7 Å². The van der Waals surface area contributed by atoms with Crippen LogP contribution in [0.1, 0.15) is 62.0 Å². The lowest BCUT2D eigenvalue weighted by Gasteiger charge is -2.39. The summed E-state index contributed by atoms with van der Waals surface area (Å²) in [5, 5.41) is 14.2. The highest BCUT2D eigenvalue weighted by Crippen LogP contribution is 2.44. The molecule has 0 saturated carbocycles. The third-order valence-corrected chi connectivity index (χ3v) is 8.70. The minimum atomic E-state index is -4.17. The number of aliphatic hydroxyl groups excluding tert-OH is 1. The Labute approximate surface area is 191 Å². The van der Waals surface area contributed by atoms with Crippen LogP contribution in [0.25, 0.3) is 0 Å². The molecule has 32 heavy (non-hydrogen) atoms. The summed E-state index contributed by atoms with van der Waals surface area (Å²) in [6.07, 6.45) is 1.27. The van der Waals surface area contributed by atoms with Crippen LogP contribution in [0.2, 0.25) is 0 Å². The van der Waals surface area contributed by atoms with Crippen LogP contribution < -0.4 is 5.32 Å². The van der Waals surface area contributed by atoms with Gasteiger partial charge in [0.25, 0.3) is 10.0 Å². The number of sulfonamides is 1. The molecule has 2 aromatic rings. The molecule has 0 saturated heterocycles. The van der Waals surface area contributed by atoms with Crippen molar-refractivity contribution < 1.29 is 23.1 Å². The van der Waals surface area contributed by atoms with E-state index in [9.17, 15) is 23.1 Å². The summed E-state index contributed by atoms with van der Waals surface area (Å²) in [6, 6.07) is 7.04. The van der Waals surface area contributed by atoms with E-state index in [1.807, 2.05) is 19.1 Å². The zero-order chi connectivity index (χ0) is 23.5. The Morgan fingerprint density at radius 1 is 1.22 bits per heavy atom. The number of benzene rings is 1. The van der Waals surface area contributed by atoms with E-state index in [1.165, 1.54) is 5.38 Å². The highest BCUT2D eigenvalue weighted by molar-refractivity contribution is 7.90. The van der Waals surface area contributed by atoms with Gasteiger partial charge in [0, 0.05) is 11.1 Å². The van der Waals surface area contributed by atoms with Gasteiger partial charge in [-0.2, -0.15) is 8.42 Å². The Morgan fingerprint density at radius 3 is 2.56 bits per heavy atom. The molecular weight excluding hydrogens is 448 g/mol. The Hall–Kier alpha value is -2.36. The lowest BCUT2D eigenvalue weighted by Crippen LogP contribution is -2.51. The first-order valence-electron chi connectivity index (χ1n) is 10.4. The summed E-state index contributed by atoms with van der Waals surface area (Å²) in [6.45, 7) is 7.66. The van der Waals surface area contributed by atoms with Crippen LogP contribution in [0.5, 0.6) is 0 Å². The average molecular weight is 475 g/mol. The van der Waals surface area contributed by atoms with Gasteiger partial charge in [0.15, 0.2) is 11.6 Å². The fourth-order valence-electron chi connectivity index (χ4n) is 4.34. The Bertz CT molecular complexity index is 1250. The highest BCUT2D eigenvalue weighted by atomic mass is 32.2. The number of nitrogens with one attached hydrogen (secondary N) is 1. The fourth-order valence-corrected chi connectivity index (χ4v) is 6.97. The summed E-state index contributed by atoms with van der Waals surface area (Å²) in [7, 11) is -4.17. The molecule has 9 heteroatoms. The van der Waals surface area contributed by atoms with Crippen molar-refractivity contribution in [2.24, 2.45) is 15.7 Å². The molecule has 1 aromatic heterocycles. The number of aliphatic hydroxyl groups is 1. The van der Waals surface area contributed by atoms with Gasteiger partial charge in [-0.05, 0) is 36.1 Å². The number of hydrogen-bond acceptors (Lipinski definition) is 7. The first-order valence-corrected chi connectivity index (χ1v) is 12.7. The Kier molecular flexibility index (Phi) is 5.42. The summed E-state index contributed by atoms with van der Waals surface area (Å²) >= 11 is 1.09. The van der Waals surface area contributed by atoms with Gasteiger partial charge in [0.2, 0.25) is 0 Å². The zero-order valence-corrected chi connectivity index (χ0v) is 20.1. The minimum absolute atomic E-state index is 0.0221. The second-order valence-corrected chi connectivity index (χ2v) is 12.2. The molecule has 0 fully saturated rings. The molecule has 0 bridgehead atoms. The van der Waals surface area contributed by atoms with E-state index in [-0.39, 0.29) is 32.5 Å². The van der Waals surface area contributed by atoms with E-state index < -0.39 is 33.7 Å². The molecule has 7 nitrogen and oxygen atoms in total. The van der Waals surface area contributed by atoms with Crippen LogP contribution in [-0.2, 0) is 26.8 Å². The first-order chi connectivity index (χ1) is 14.9. The van der Waals surface area contributed by atoms with Crippen LogP contribution in [0.3, 0.4) is 0 Å². The number of hydrogen-bond donors (Lipinski definition) is 2. The number of rotatable bonds is 4. The number of carbonyl (C=O) groups is 2. The van der Waals surface area contributed by atoms with Crippen molar-refractivity contribution in [1.82, 2.24) is 0 Å². The Balaban J connectivity index is 1.83. The highest BCUT2D eigenvalue weighted by Gasteiger charge is 2.52. The molecular formula is C23H26N2O5S2. The molecule has 1 aliphatic heterocycles. The van der Waals surface area contributed by atoms with E-state index in [0.717, 1.165) is 17.8 Å². The first kappa shape index (κ1) is 22.8. The number of anilines is 1. The predicted octanol–water partition coefficient (Wildman–Crippen LogP) is 3.92. The maximum atomic E-state index is 13.8. The molecule has 0 radical (unpaired) electrons. The van der Waals surface area contributed by atoms with Crippen molar-refractivity contribution >= 4 is 43.8 Å². The predicted molar refractivity (Wildman–Crippen MR) is 124 cm³/mol. The smallest absolute Gasteiger partial charge is 0.287 e. The van der Waals surface area contributed by atoms with Gasteiger partial charge in [-0.15, -0.1) is 15.7 Å². The van der Waals surface area contributed by atoms with Crippen LogP contribution >= 0.6 is 11.3 Å². The van der Waals surface area contributed by atoms with Crippen LogP contribution in [0.15, 0.2) is 38.9 Å². The maximum absolute atomic E-state index is 13.8. The number of amidine groups is 1. The second kappa shape index (κ2) is 7.60. The number of carbonyl (C=O) groups excluding carboxylic acids is 2. The third kappa shape index (κ3) is 3.62. The van der Waals surface area contributed by atoms with E-state index >= 15 is 0 Å². The number of ketones is 2. The molecule has 2 N–H and O–H groups in total. The number of Topliss-reactive ketones (excluding diaryl/α,β-unsaturated/α-hetero) is 2. The summed E-state index contributed by atoms with van der Waals surface area (Å²) < 4.78 is 29.6. The van der Waals surface area contributed by atoms with Crippen molar-refractivity contribution in [3.8, 4) is 0 Å². The lowest BCUT2D eigenvalue weighted by molar-refractivity contribution is -0.125. The molecule has 0 amide bonds. The lowest BCUT2D eigenvalue weighted by atomic mass is 9.62. The minimum Gasteiger partial charge on any atom is -0.392 e. The Morgan fingerprint density at radius 2 is 1.91 bits per heavy atom. The maximum Gasteiger partial charge on any atom is 0.287 e. The molecule has 2 aliphatic rings. The quantitative estimate of drug-likeness (QED) is 0.650. The average Bonchev–Trinajstić information content (AvgIpc) is 3.14. The van der Waals surface area contributed by atoms with E-state index in [1.54, 1.807) is 12.1 Å². The summed E-state index contributed by atoms with van der Waals surface area (Å²) in [5.41, 5.74) is 0.355. The van der Waals surface area contributed by atoms with Gasteiger partial charge < -0.3 is 10.4 Å². The van der Waals surface area contributed by atoms with E-state index in [0.29, 0.717) is 17.5 Å². The molecule has 2 heterocycles. The van der Waals surface area contributed by atoms with Crippen LogP contribution in [0, 0.1) is 11.3 Å². The summed E-state index contributed by atoms with van der Waals surface area (Å²) in [5.74, 6) is -2.32. The molecule has 0 spiro atoms. The van der Waals surface area contributed by atoms with Gasteiger partial charge in [-0.25, -0.2) is 0 Å². The topological polar surface area (TPSA) is 113 Å². The normalized spacial score (nSPS) is 24.4. The summed E-state index contributed by atoms with van der Waals surface area (Å²) in [4.78, 5) is 27.2. The molecule has 2 atom stereocenters. The fraction of sp³-hybridized carbons (Fsp3) is 0.435. The van der Waals surface area contributed by atoms with Crippen molar-refractivity contribution in [3.05, 3.63) is 46.3 Å². The molecule has 4 rings (SSSR count). The number of nitrogens with zero attached hydrogens (tertiary/aromatic N) is 1. The molecule has 1 aromatic carbocycles.